The van der Waals surface area contributed by atoms with E-state index in [2.05, 4.69) is 76.1 Å². The number of aromatic nitrogens is 4. The van der Waals surface area contributed by atoms with Crippen LogP contribution in [0.25, 0.3) is 44.1 Å². The molecule has 19 nitrogen and oxygen atoms in total. The molecule has 7 heterocycles. The van der Waals surface area contributed by atoms with Crippen molar-refractivity contribution < 1.29 is 43.3 Å². The number of nitrogens with zero attached hydrogens (tertiary/aromatic N) is 6. The third-order valence-corrected chi connectivity index (χ3v) is 19.3. The molecule has 1 aliphatic carbocycles. The molecule has 0 spiro atoms. The third kappa shape index (κ3) is 13.5. The van der Waals surface area contributed by atoms with Crippen molar-refractivity contribution in [1.82, 2.24) is 45.3 Å². The van der Waals surface area contributed by atoms with Crippen molar-refractivity contribution in [3.63, 3.8) is 0 Å². The number of nitrogens with one attached hydrogen (secondary N) is 4. The number of unbranched alkanes of at least 4 members (excludes halogenated alkanes) is 1. The summed E-state index contributed by atoms with van der Waals surface area (Å²) in [5.41, 5.74) is 7.14. The molecule has 1 saturated carbocycles. The first-order valence-corrected chi connectivity index (χ1v) is 31.3. The van der Waals surface area contributed by atoms with Crippen LogP contribution in [-0.4, -0.2) is 141 Å². The highest BCUT2D eigenvalue weighted by molar-refractivity contribution is 7.18. The highest BCUT2D eigenvalue weighted by Crippen LogP contribution is 2.42. The van der Waals surface area contributed by atoms with Crippen LogP contribution >= 0.6 is 11.3 Å². The van der Waals surface area contributed by atoms with Gasteiger partial charge in [0.1, 0.15) is 22.6 Å². The number of aromatic carboxylic acids is 1. The molecule has 0 unspecified atom stereocenters. The minimum Gasteiger partial charge on any atom is -0.477 e. The Bertz CT molecular complexity index is 3290. The minimum atomic E-state index is -1.07. The van der Waals surface area contributed by atoms with E-state index >= 15 is 0 Å². The summed E-state index contributed by atoms with van der Waals surface area (Å²) in [6, 6.07) is 26.4. The fourth-order valence-corrected chi connectivity index (χ4v) is 14.2. The van der Waals surface area contributed by atoms with Gasteiger partial charge >= 0.3 is 18.1 Å². The highest BCUT2D eigenvalue weighted by Gasteiger charge is 2.40. The number of hydrogen-bond acceptors (Lipinski definition) is 11. The number of carbonyl (C=O) groups is 6. The maximum atomic E-state index is 14.5. The first kappa shape index (κ1) is 58.9. The van der Waals surface area contributed by atoms with Crippen molar-refractivity contribution in [3.05, 3.63) is 114 Å². The van der Waals surface area contributed by atoms with Gasteiger partial charge in [0, 0.05) is 68.7 Å². The highest BCUT2D eigenvalue weighted by atomic mass is 32.1. The lowest BCUT2D eigenvalue weighted by Crippen LogP contribution is -2.52. The number of ether oxygens (including phenoxy) is 2. The number of hydrogen-bond donors (Lipinski definition) is 5. The van der Waals surface area contributed by atoms with Crippen molar-refractivity contribution in [2.45, 2.75) is 127 Å². The maximum Gasteiger partial charge on any atom is 0.407 e. The van der Waals surface area contributed by atoms with E-state index in [-0.39, 0.29) is 58.6 Å². The Balaban J connectivity index is 0.663. The standard InChI is InChI=1S/C65H78N10O9S/c1-41-15-17-47(18-16-41)61(77)75(55-38-56(85-57(55)63(79)80)46-10-4-3-5-11-46)49-27-34-72(35-28-49)64(81)66-31-7-6-12-50(71-65(82)83-2)62(78)74-33-9-14-54(74)59-68-40-52(70-59)45-25-21-43(22-26-45)42-19-23-44(24-20-42)51-39-67-58(69-51)53-13-8-32-73(53)60(76)48-29-36-84-37-30-48/h3-5,10-11,19-26,38-41,47-50,53-54H,6-9,12-18,27-37H2,1-2H3,(H,66,81)(H,67,69)(H,68,70)(H,71,82)(H,79,80)/t41?,47?,50-,53-,54-/m0/s1. The number of anilines is 1. The average molecular weight is 1180 g/mol. The van der Waals surface area contributed by atoms with Gasteiger partial charge in [-0.25, -0.2) is 24.4 Å². The van der Waals surface area contributed by atoms with Gasteiger partial charge in [-0.2, -0.15) is 0 Å². The van der Waals surface area contributed by atoms with E-state index in [1.165, 1.54) is 18.4 Å². The molecule has 3 aromatic carbocycles. The average Bonchev–Trinajstić information content (AvgIpc) is 3.35. The first-order chi connectivity index (χ1) is 41.4. The number of carboxylic acid groups (broad SMARTS) is 1. The number of H-pyrrole nitrogens is 2. The van der Waals surface area contributed by atoms with Gasteiger partial charge in [0.2, 0.25) is 17.7 Å². The lowest BCUT2D eigenvalue weighted by Gasteiger charge is -2.40. The predicted octanol–water partition coefficient (Wildman–Crippen LogP) is 11.2. The molecule has 85 heavy (non-hydrogen) atoms. The van der Waals surface area contributed by atoms with Gasteiger partial charge in [0.15, 0.2) is 0 Å². The van der Waals surface area contributed by atoms with Gasteiger partial charge in [0.05, 0.1) is 48.7 Å². The van der Waals surface area contributed by atoms with E-state index in [0.717, 1.165) is 114 Å². The quantitative estimate of drug-likeness (QED) is 0.0508. The predicted molar refractivity (Wildman–Crippen MR) is 324 cm³/mol. The van der Waals surface area contributed by atoms with E-state index < -0.39 is 18.1 Å². The van der Waals surface area contributed by atoms with Gasteiger partial charge in [-0.05, 0) is 136 Å². The molecular formula is C65H78N10O9S. The molecule has 20 heteroatoms. The monoisotopic (exact) mass is 1170 g/mol. The first-order valence-electron chi connectivity index (χ1n) is 30.5. The molecule has 0 bridgehead atoms. The zero-order valence-corrected chi connectivity index (χ0v) is 49.5. The molecule has 448 valence electrons. The van der Waals surface area contributed by atoms with Gasteiger partial charge < -0.3 is 54.8 Å². The lowest BCUT2D eigenvalue weighted by molar-refractivity contribution is -0.139. The van der Waals surface area contributed by atoms with Crippen molar-refractivity contribution in [1.29, 1.82) is 0 Å². The number of methoxy groups -OCH3 is 1. The van der Waals surface area contributed by atoms with E-state index in [1.807, 2.05) is 47.5 Å². The number of thiophene rings is 1. The van der Waals surface area contributed by atoms with Crippen LogP contribution in [-0.2, 0) is 23.9 Å². The van der Waals surface area contributed by atoms with Crippen LogP contribution in [0.1, 0.15) is 137 Å². The van der Waals surface area contributed by atoms with Crippen LogP contribution in [0, 0.1) is 17.8 Å². The summed E-state index contributed by atoms with van der Waals surface area (Å²) < 4.78 is 10.4. The molecule has 0 radical (unpaired) electrons. The molecule has 4 aliphatic heterocycles. The Hall–Kier alpha value is -7.84. The molecule has 6 aromatic rings. The van der Waals surface area contributed by atoms with Crippen molar-refractivity contribution in [2.24, 2.45) is 17.8 Å². The van der Waals surface area contributed by atoms with Gasteiger partial charge in [-0.15, -0.1) is 11.3 Å². The maximum absolute atomic E-state index is 14.5. The summed E-state index contributed by atoms with van der Waals surface area (Å²) in [6.07, 6.45) is 13.7. The fraction of sp³-hybridized carbons (Fsp3) is 0.477. The second-order valence-corrected chi connectivity index (χ2v) is 24.6. The van der Waals surface area contributed by atoms with E-state index in [0.29, 0.717) is 95.3 Å². The largest absolute Gasteiger partial charge is 0.477 e. The topological polar surface area (TPSA) is 235 Å². The molecule has 3 aromatic heterocycles. The number of benzene rings is 3. The number of aromatic amines is 2. The number of carboxylic acids is 1. The normalized spacial score (nSPS) is 20.7. The van der Waals surface area contributed by atoms with Crippen LogP contribution in [0.3, 0.4) is 0 Å². The number of alkyl carbamates (subject to hydrolysis) is 1. The molecule has 5 fully saturated rings. The van der Waals surface area contributed by atoms with Crippen molar-refractivity contribution in [2.75, 3.05) is 57.9 Å². The number of imidazole rings is 2. The molecule has 3 atom stereocenters. The smallest absolute Gasteiger partial charge is 0.407 e. The third-order valence-electron chi connectivity index (χ3n) is 18.1. The lowest BCUT2D eigenvalue weighted by atomic mass is 9.82. The molecule has 5 N–H and O–H groups in total. The second kappa shape index (κ2) is 27.0. The summed E-state index contributed by atoms with van der Waals surface area (Å²) in [7, 11) is 1.27. The zero-order valence-electron chi connectivity index (χ0n) is 48.6. The SMILES string of the molecule is COC(=O)N[C@@H](CCCCNC(=O)N1CCC(N(C(=O)C2CCC(C)CC2)c2cc(-c3ccccc3)sc2C(=O)O)CC1)C(=O)N1CCC[C@H]1c1ncc(-c2ccc(-c3ccc(-c4cnc([C@@H]5CCCN5C(=O)C5CCOCC5)[nH]4)cc3)cc2)[nH]1. The molecule has 6 amide bonds. The second-order valence-electron chi connectivity index (χ2n) is 23.6. The Morgan fingerprint density at radius 1 is 0.706 bits per heavy atom. The number of rotatable bonds is 18. The molecular weight excluding hydrogens is 1100 g/mol. The van der Waals surface area contributed by atoms with E-state index in [1.54, 1.807) is 20.9 Å². The zero-order chi connectivity index (χ0) is 59.0. The summed E-state index contributed by atoms with van der Waals surface area (Å²) in [4.78, 5) is 106. The Morgan fingerprint density at radius 3 is 1.89 bits per heavy atom. The minimum absolute atomic E-state index is 0.0228. The number of amides is 6. The summed E-state index contributed by atoms with van der Waals surface area (Å²) in [5.74, 6) is 0.784. The number of urea groups is 1. The Kier molecular flexibility index (Phi) is 18.7. The molecule has 4 saturated heterocycles. The summed E-state index contributed by atoms with van der Waals surface area (Å²) in [6.45, 7) is 5.90. The number of likely N-dealkylation sites (tertiary alicyclic amines) is 3. The van der Waals surface area contributed by atoms with Crippen molar-refractivity contribution >= 4 is 52.8 Å². The Labute approximate surface area is 500 Å². The van der Waals surface area contributed by atoms with Crippen LogP contribution in [0.2, 0.25) is 0 Å². The van der Waals surface area contributed by atoms with E-state index in [4.69, 9.17) is 19.4 Å². The number of piperidine rings is 1. The van der Waals surface area contributed by atoms with Gasteiger partial charge in [-0.3, -0.25) is 14.4 Å². The molecule has 5 aliphatic rings. The fourth-order valence-electron chi connectivity index (χ4n) is 13.2. The van der Waals surface area contributed by atoms with Crippen LogP contribution in [0.4, 0.5) is 15.3 Å². The van der Waals surface area contributed by atoms with Gasteiger partial charge in [0.25, 0.3) is 0 Å². The molecule has 11 rings (SSSR count). The van der Waals surface area contributed by atoms with Crippen molar-refractivity contribution in [3.8, 4) is 44.1 Å². The van der Waals surface area contributed by atoms with E-state index in [9.17, 15) is 33.9 Å². The van der Waals surface area contributed by atoms with Crippen LogP contribution < -0.4 is 15.5 Å². The summed E-state index contributed by atoms with van der Waals surface area (Å²) >= 11 is 1.18. The number of carbonyl (C=O) groups excluding carboxylic acids is 5. The Morgan fingerprint density at radius 2 is 1.29 bits per heavy atom. The van der Waals surface area contributed by atoms with Crippen LogP contribution in [0.15, 0.2) is 97.3 Å². The van der Waals surface area contributed by atoms with Crippen LogP contribution in [0.5, 0.6) is 0 Å². The van der Waals surface area contributed by atoms with Gasteiger partial charge in [-0.1, -0.05) is 85.8 Å². The summed E-state index contributed by atoms with van der Waals surface area (Å²) in [5, 5.41) is 16.2.